The van der Waals surface area contributed by atoms with Gasteiger partial charge in [-0.25, -0.2) is 0 Å². The third-order valence-corrected chi connectivity index (χ3v) is 9.88. The number of ketones is 1. The third-order valence-electron chi connectivity index (χ3n) is 9.88. The van der Waals surface area contributed by atoms with Crippen molar-refractivity contribution in [1.82, 2.24) is 5.32 Å². The molecule has 0 radical (unpaired) electrons. The molecular weight excluding hydrogens is 330 g/mol. The second kappa shape index (κ2) is 5.26. The molecule has 2 nitrogen and oxygen atoms in total. The maximum atomic E-state index is 12.9. The third kappa shape index (κ3) is 1.94. The molecule has 4 saturated carbocycles. The van der Waals surface area contributed by atoms with Crippen molar-refractivity contribution in [2.75, 3.05) is 7.05 Å². The van der Waals surface area contributed by atoms with Gasteiger partial charge in [-0.05, 0) is 67.0 Å². The second-order valence-electron chi connectivity index (χ2n) is 10.9. The summed E-state index contributed by atoms with van der Waals surface area (Å²) in [6, 6.07) is 0.555. The molecule has 5 aliphatic rings. The van der Waals surface area contributed by atoms with Crippen molar-refractivity contribution in [3.8, 4) is 0 Å². The van der Waals surface area contributed by atoms with Gasteiger partial charge in [0.15, 0.2) is 0 Å². The number of nitrogens with one attached hydrogen (secondary N) is 1. The van der Waals surface area contributed by atoms with E-state index in [1.807, 2.05) is 0 Å². The fourth-order valence-corrected chi connectivity index (χ4v) is 7.79. The Morgan fingerprint density at radius 3 is 2.67 bits per heavy atom. The Morgan fingerprint density at radius 2 is 2.00 bits per heavy atom. The van der Waals surface area contributed by atoms with E-state index in [1.54, 1.807) is 5.57 Å². The van der Waals surface area contributed by atoms with Crippen LogP contribution >= 0.6 is 0 Å². The summed E-state index contributed by atoms with van der Waals surface area (Å²) in [6.45, 7) is 9.49. The highest BCUT2D eigenvalue weighted by atomic mass is 16.1. The van der Waals surface area contributed by atoms with Crippen molar-refractivity contribution in [1.29, 1.82) is 0 Å². The van der Waals surface area contributed by atoms with Crippen molar-refractivity contribution in [3.63, 3.8) is 0 Å². The number of allylic oxidation sites excluding steroid dienone is 6. The van der Waals surface area contributed by atoms with Crippen LogP contribution in [0, 0.1) is 33.5 Å². The van der Waals surface area contributed by atoms with E-state index in [0.717, 1.165) is 19.3 Å². The molecule has 0 aromatic rings. The van der Waals surface area contributed by atoms with E-state index in [1.165, 1.54) is 24.8 Å². The van der Waals surface area contributed by atoms with Crippen LogP contribution in [0.15, 0.2) is 35.5 Å². The van der Waals surface area contributed by atoms with Crippen molar-refractivity contribution in [2.24, 2.45) is 33.5 Å². The zero-order valence-electron chi connectivity index (χ0n) is 17.7. The van der Waals surface area contributed by atoms with Crippen molar-refractivity contribution < 1.29 is 4.79 Å². The van der Waals surface area contributed by atoms with Crippen LogP contribution in [0.2, 0.25) is 0 Å². The minimum atomic E-state index is 0.0628. The quantitative estimate of drug-likeness (QED) is 0.727. The van der Waals surface area contributed by atoms with Gasteiger partial charge in [0.25, 0.3) is 0 Å². The lowest BCUT2D eigenvalue weighted by molar-refractivity contribution is -0.130. The summed E-state index contributed by atoms with van der Waals surface area (Å²) in [4.78, 5) is 12.9. The first-order valence-corrected chi connectivity index (χ1v) is 11.1. The zero-order chi connectivity index (χ0) is 19.2. The van der Waals surface area contributed by atoms with Gasteiger partial charge in [-0.1, -0.05) is 52.0 Å². The molecular formula is C25H35NO. The normalized spacial score (nSPS) is 49.2. The maximum Gasteiger partial charge on any atom is 0.136 e. The number of carbonyl (C=O) groups is 1. The first-order valence-electron chi connectivity index (χ1n) is 11.1. The Kier molecular flexibility index (Phi) is 3.49. The molecule has 4 fully saturated rings. The highest BCUT2D eigenvalue weighted by molar-refractivity contribution is 5.85. The molecule has 5 aliphatic carbocycles. The summed E-state index contributed by atoms with van der Waals surface area (Å²) in [6.07, 6.45) is 16.5. The summed E-state index contributed by atoms with van der Waals surface area (Å²) in [5, 5.41) is 3.58. The molecule has 5 rings (SSSR count). The lowest BCUT2D eigenvalue weighted by atomic mass is 9.59. The van der Waals surface area contributed by atoms with Gasteiger partial charge in [0, 0.05) is 29.2 Å². The molecule has 0 aliphatic heterocycles. The summed E-state index contributed by atoms with van der Waals surface area (Å²) in [5.41, 5.74) is 3.88. The number of hydrogen-bond acceptors (Lipinski definition) is 2. The minimum absolute atomic E-state index is 0.0628. The maximum absolute atomic E-state index is 12.9. The summed E-state index contributed by atoms with van der Waals surface area (Å²) in [7, 11) is 2.11. The fraction of sp³-hybridized carbons (Fsp3) is 0.720. The van der Waals surface area contributed by atoms with Gasteiger partial charge in [-0.2, -0.15) is 0 Å². The molecule has 27 heavy (non-hydrogen) atoms. The summed E-state index contributed by atoms with van der Waals surface area (Å²) >= 11 is 0. The lowest BCUT2D eigenvalue weighted by Crippen LogP contribution is -2.43. The molecule has 2 unspecified atom stereocenters. The Balaban J connectivity index is 1.61. The molecule has 1 N–H and O–H groups in total. The second-order valence-corrected chi connectivity index (χ2v) is 10.9. The highest BCUT2D eigenvalue weighted by Gasteiger charge is 2.74. The van der Waals surface area contributed by atoms with Crippen LogP contribution in [0.25, 0.3) is 0 Å². The van der Waals surface area contributed by atoms with Crippen LogP contribution < -0.4 is 5.32 Å². The summed E-state index contributed by atoms with van der Waals surface area (Å²) < 4.78 is 0. The Hall–Kier alpha value is -1.15. The van der Waals surface area contributed by atoms with E-state index in [4.69, 9.17) is 0 Å². The average molecular weight is 366 g/mol. The van der Waals surface area contributed by atoms with E-state index in [2.05, 4.69) is 64.4 Å². The highest BCUT2D eigenvalue weighted by Crippen LogP contribution is 2.81. The van der Waals surface area contributed by atoms with Crippen molar-refractivity contribution in [2.45, 2.75) is 72.3 Å². The van der Waals surface area contributed by atoms with Crippen LogP contribution in [-0.4, -0.2) is 18.9 Å². The molecule has 2 spiro atoms. The number of carbonyl (C=O) groups excluding carboxylic acids is 1. The largest absolute Gasteiger partial charge is 0.316 e. The van der Waals surface area contributed by atoms with Crippen LogP contribution in [0.4, 0.5) is 0 Å². The van der Waals surface area contributed by atoms with E-state index < -0.39 is 0 Å². The molecule has 0 aromatic heterocycles. The summed E-state index contributed by atoms with van der Waals surface area (Å²) in [5.74, 6) is 1.50. The molecule has 6 atom stereocenters. The van der Waals surface area contributed by atoms with Crippen molar-refractivity contribution in [3.05, 3.63) is 35.5 Å². The molecule has 0 saturated heterocycles. The van der Waals surface area contributed by atoms with E-state index in [-0.39, 0.29) is 16.2 Å². The molecule has 2 heteroatoms. The topological polar surface area (TPSA) is 29.1 Å². The molecule has 0 amide bonds. The van der Waals surface area contributed by atoms with Gasteiger partial charge in [-0.3, -0.25) is 4.79 Å². The van der Waals surface area contributed by atoms with Crippen LogP contribution in [0.1, 0.15) is 66.2 Å². The Labute approximate surface area is 164 Å². The van der Waals surface area contributed by atoms with Crippen LogP contribution in [0.3, 0.4) is 0 Å². The predicted octanol–water partition coefficient (Wildman–Crippen LogP) is 5.22. The van der Waals surface area contributed by atoms with Crippen molar-refractivity contribution >= 4 is 5.78 Å². The number of Topliss-reactive ketones (excluding diaryl/α,β-unsaturated/α-hetero) is 1. The minimum Gasteiger partial charge on any atom is -0.316 e. The average Bonchev–Trinajstić information content (AvgIpc) is 3.28. The van der Waals surface area contributed by atoms with Crippen LogP contribution in [-0.2, 0) is 4.79 Å². The number of hydrogen-bond donors (Lipinski definition) is 1. The van der Waals surface area contributed by atoms with E-state index in [0.29, 0.717) is 29.1 Å². The lowest BCUT2D eigenvalue weighted by Gasteiger charge is -2.43. The van der Waals surface area contributed by atoms with Gasteiger partial charge >= 0.3 is 0 Å². The van der Waals surface area contributed by atoms with Gasteiger partial charge in [0.05, 0.1) is 0 Å². The Morgan fingerprint density at radius 1 is 1.22 bits per heavy atom. The van der Waals surface area contributed by atoms with Gasteiger partial charge in [0.1, 0.15) is 5.78 Å². The SMILES string of the molecule is CC[C@H]1C[C@@]23C[C@@H]2C2=CC4(C=CC=C2[C@]3(C)CC1=O)CCC(NC)C4(C)C. The van der Waals surface area contributed by atoms with Gasteiger partial charge in [0.2, 0.25) is 0 Å². The Bertz CT molecular complexity index is 801. The molecule has 0 bridgehead atoms. The van der Waals surface area contributed by atoms with E-state index in [9.17, 15) is 4.79 Å². The van der Waals surface area contributed by atoms with Gasteiger partial charge < -0.3 is 5.32 Å². The first kappa shape index (κ1) is 17.9. The predicted molar refractivity (Wildman–Crippen MR) is 110 cm³/mol. The smallest absolute Gasteiger partial charge is 0.136 e. The molecule has 0 heterocycles. The standard InChI is InChI=1S/C25H35NO/c1-6-16-12-25-14-19(25)17-13-24(11-9-21(26-5)22(24,2)3)10-7-8-18(17)23(25,4)15-20(16)27/h7-8,10,13,16,19,21,26H,6,9,11-12,14-15H2,1-5H3/t16-,19+,21?,23-,24?,25+/m0/s1. The molecule has 0 aromatic carbocycles. The number of rotatable bonds is 2. The van der Waals surface area contributed by atoms with Crippen LogP contribution in [0.5, 0.6) is 0 Å². The molecule has 146 valence electrons. The fourth-order valence-electron chi connectivity index (χ4n) is 7.79. The first-order chi connectivity index (χ1) is 12.7. The number of fused-ring (bicyclic) bond motifs is 3. The van der Waals surface area contributed by atoms with E-state index >= 15 is 0 Å². The van der Waals surface area contributed by atoms with Gasteiger partial charge in [-0.15, -0.1) is 0 Å². The zero-order valence-corrected chi connectivity index (χ0v) is 17.7. The monoisotopic (exact) mass is 365 g/mol.